The molecule has 0 unspecified atom stereocenters. The van der Waals surface area contributed by atoms with Crippen molar-refractivity contribution in [2.45, 2.75) is 25.7 Å². The molecule has 0 aliphatic heterocycles. The Kier molecular flexibility index (Phi) is 6.75. The molecule has 2 aromatic carbocycles. The fourth-order valence-electron chi connectivity index (χ4n) is 2.85. The monoisotopic (exact) mass is 414 g/mol. The van der Waals surface area contributed by atoms with Crippen molar-refractivity contribution in [3.63, 3.8) is 0 Å². The van der Waals surface area contributed by atoms with Gasteiger partial charge >= 0.3 is 0 Å². The molecule has 0 saturated heterocycles. The van der Waals surface area contributed by atoms with E-state index in [1.807, 2.05) is 4.90 Å². The molecule has 4 nitrogen and oxygen atoms in total. The molecule has 0 aliphatic rings. The van der Waals surface area contributed by atoms with Crippen LogP contribution >= 0.6 is 23.1 Å². The van der Waals surface area contributed by atoms with Crippen LogP contribution in [0.2, 0.25) is 0 Å². The normalized spacial score (nSPS) is 11.4. The predicted molar refractivity (Wildman–Crippen MR) is 121 cm³/mol. The van der Waals surface area contributed by atoms with Gasteiger partial charge in [-0.2, -0.15) is 0 Å². The van der Waals surface area contributed by atoms with Crippen LogP contribution in [-0.2, 0) is 4.79 Å². The van der Waals surface area contributed by atoms with Crippen LogP contribution < -0.4 is 9.80 Å². The summed E-state index contributed by atoms with van der Waals surface area (Å²) in [5.41, 5.74) is 4.67. The van der Waals surface area contributed by atoms with E-state index in [9.17, 15) is 4.79 Å². The average molecular weight is 415 g/mol. The number of thiazole rings is 1. The van der Waals surface area contributed by atoms with Gasteiger partial charge < -0.3 is 4.90 Å². The van der Waals surface area contributed by atoms with Crippen molar-refractivity contribution in [2.75, 3.05) is 37.8 Å². The Morgan fingerprint density at radius 3 is 2.50 bits per heavy atom. The third kappa shape index (κ3) is 4.93. The van der Waals surface area contributed by atoms with E-state index in [0.717, 1.165) is 26.8 Å². The van der Waals surface area contributed by atoms with E-state index < -0.39 is 0 Å². The molecule has 3 aromatic rings. The number of anilines is 1. The summed E-state index contributed by atoms with van der Waals surface area (Å²) < 4.78 is 1.14. The fraction of sp³-hybridized carbons (Fsp3) is 0.364. The number of aryl methyl sites for hydroxylation is 3. The number of hydrogen-bond acceptors (Lipinski definition) is 4. The summed E-state index contributed by atoms with van der Waals surface area (Å²) >= 11 is 3.19. The minimum Gasteiger partial charge on any atom is -0.338 e. The number of fused-ring (bicyclic) bond motifs is 1. The lowest BCUT2D eigenvalue weighted by Gasteiger charge is -2.20. The maximum atomic E-state index is 13.1. The van der Waals surface area contributed by atoms with Gasteiger partial charge in [-0.3, -0.25) is 9.69 Å². The standard InChI is InChI=1S/C22H27N3OS2/c1-15-6-9-18(10-7-15)27-14-20(26)25(13-12-24(4)5)22-23-21-17(3)16(2)8-11-19(21)28-22/h6-11H,12-14H2,1-5H3/p+1. The number of rotatable bonds is 7. The Labute approximate surface area is 175 Å². The lowest BCUT2D eigenvalue weighted by atomic mass is 10.1. The van der Waals surface area contributed by atoms with Crippen LogP contribution in [0.25, 0.3) is 10.2 Å². The van der Waals surface area contributed by atoms with Gasteiger partial charge in [-0.25, -0.2) is 4.98 Å². The van der Waals surface area contributed by atoms with Crippen LogP contribution in [-0.4, -0.2) is 43.8 Å². The summed E-state index contributed by atoms with van der Waals surface area (Å²) in [7, 11) is 4.21. The highest BCUT2D eigenvalue weighted by molar-refractivity contribution is 8.00. The van der Waals surface area contributed by atoms with Crippen molar-refractivity contribution in [3.05, 3.63) is 53.1 Å². The van der Waals surface area contributed by atoms with Gasteiger partial charge in [0, 0.05) is 4.90 Å². The van der Waals surface area contributed by atoms with Crippen LogP contribution in [0, 0.1) is 20.8 Å². The van der Waals surface area contributed by atoms with Crippen molar-refractivity contribution in [1.82, 2.24) is 4.98 Å². The third-order valence-electron chi connectivity index (χ3n) is 4.82. The van der Waals surface area contributed by atoms with Gasteiger partial charge in [-0.05, 0) is 50.1 Å². The third-order valence-corrected chi connectivity index (χ3v) is 6.86. The Morgan fingerprint density at radius 2 is 1.82 bits per heavy atom. The van der Waals surface area contributed by atoms with Gasteiger partial charge in [-0.15, -0.1) is 11.8 Å². The minimum atomic E-state index is 0.111. The quantitative estimate of drug-likeness (QED) is 0.602. The van der Waals surface area contributed by atoms with E-state index in [2.05, 4.69) is 71.3 Å². The highest BCUT2D eigenvalue weighted by atomic mass is 32.2. The van der Waals surface area contributed by atoms with E-state index >= 15 is 0 Å². The molecule has 0 bridgehead atoms. The second-order valence-electron chi connectivity index (χ2n) is 7.45. The van der Waals surface area contributed by atoms with Gasteiger partial charge in [0.15, 0.2) is 5.13 Å². The summed E-state index contributed by atoms with van der Waals surface area (Å²) in [6, 6.07) is 12.6. The number of likely N-dealkylation sites (N-methyl/N-ethyl adjacent to an activating group) is 1. The molecule has 1 heterocycles. The van der Waals surface area contributed by atoms with Crippen LogP contribution in [0.1, 0.15) is 16.7 Å². The number of benzene rings is 2. The molecular formula is C22H28N3OS2+. The number of quaternary nitrogens is 1. The number of amides is 1. The average Bonchev–Trinajstić information content (AvgIpc) is 3.09. The van der Waals surface area contributed by atoms with Gasteiger partial charge in [0.25, 0.3) is 0 Å². The van der Waals surface area contributed by atoms with Gasteiger partial charge in [0.05, 0.1) is 43.2 Å². The van der Waals surface area contributed by atoms with E-state index in [4.69, 9.17) is 4.98 Å². The van der Waals surface area contributed by atoms with Crippen molar-refractivity contribution in [1.29, 1.82) is 0 Å². The first-order valence-electron chi connectivity index (χ1n) is 9.50. The Balaban J connectivity index is 1.82. The molecule has 0 atom stereocenters. The van der Waals surface area contributed by atoms with E-state index in [0.29, 0.717) is 12.3 Å². The van der Waals surface area contributed by atoms with Crippen molar-refractivity contribution < 1.29 is 9.69 Å². The number of nitrogens with zero attached hydrogens (tertiary/aromatic N) is 2. The number of aromatic nitrogens is 1. The number of carbonyl (C=O) groups is 1. The zero-order valence-corrected chi connectivity index (χ0v) is 18.8. The molecular weight excluding hydrogens is 386 g/mol. The summed E-state index contributed by atoms with van der Waals surface area (Å²) in [5.74, 6) is 0.528. The molecule has 0 radical (unpaired) electrons. The van der Waals surface area contributed by atoms with Crippen LogP contribution in [0.5, 0.6) is 0 Å². The molecule has 3 rings (SSSR count). The van der Waals surface area contributed by atoms with Gasteiger partial charge in [0.1, 0.15) is 0 Å². The van der Waals surface area contributed by atoms with Crippen LogP contribution in [0.15, 0.2) is 41.3 Å². The number of carbonyl (C=O) groups excluding carboxylic acids is 1. The Morgan fingerprint density at radius 1 is 1.11 bits per heavy atom. The first-order valence-corrected chi connectivity index (χ1v) is 11.3. The fourth-order valence-corrected chi connectivity index (χ4v) is 4.69. The summed E-state index contributed by atoms with van der Waals surface area (Å²) in [4.78, 5) is 22.2. The van der Waals surface area contributed by atoms with Crippen molar-refractivity contribution >= 4 is 44.4 Å². The topological polar surface area (TPSA) is 37.6 Å². The zero-order chi connectivity index (χ0) is 20.3. The molecule has 0 aliphatic carbocycles. The molecule has 148 valence electrons. The Bertz CT molecular complexity index is 964. The molecule has 1 aromatic heterocycles. The van der Waals surface area contributed by atoms with Crippen molar-refractivity contribution in [2.24, 2.45) is 0 Å². The molecule has 0 fully saturated rings. The number of thioether (sulfide) groups is 1. The Hall–Kier alpha value is -1.89. The molecule has 0 saturated carbocycles. The maximum absolute atomic E-state index is 13.1. The lowest BCUT2D eigenvalue weighted by molar-refractivity contribution is -0.856. The summed E-state index contributed by atoms with van der Waals surface area (Å²) in [6.07, 6.45) is 0. The zero-order valence-electron chi connectivity index (χ0n) is 17.2. The molecule has 28 heavy (non-hydrogen) atoms. The molecule has 0 spiro atoms. The first-order chi connectivity index (χ1) is 13.3. The van der Waals surface area contributed by atoms with Gasteiger partial charge in [0.2, 0.25) is 5.91 Å². The molecule has 1 N–H and O–H groups in total. The van der Waals surface area contributed by atoms with Crippen molar-refractivity contribution in [3.8, 4) is 0 Å². The lowest BCUT2D eigenvalue weighted by Crippen LogP contribution is -3.06. The van der Waals surface area contributed by atoms with Crippen LogP contribution in [0.3, 0.4) is 0 Å². The second kappa shape index (κ2) is 9.07. The molecule has 1 amide bonds. The summed E-state index contributed by atoms with van der Waals surface area (Å²) in [5, 5.41) is 0.805. The predicted octanol–water partition coefficient (Wildman–Crippen LogP) is 3.49. The first kappa shape index (κ1) is 20.8. The minimum absolute atomic E-state index is 0.111. The highest BCUT2D eigenvalue weighted by Crippen LogP contribution is 2.32. The summed E-state index contributed by atoms with van der Waals surface area (Å²) in [6.45, 7) is 7.83. The number of nitrogens with one attached hydrogen (secondary N) is 1. The number of hydrogen-bond donors (Lipinski definition) is 1. The van der Waals surface area contributed by atoms with E-state index in [-0.39, 0.29) is 5.91 Å². The van der Waals surface area contributed by atoms with Crippen LogP contribution in [0.4, 0.5) is 5.13 Å². The smallest absolute Gasteiger partial charge is 0.239 e. The maximum Gasteiger partial charge on any atom is 0.239 e. The second-order valence-corrected chi connectivity index (χ2v) is 9.51. The van der Waals surface area contributed by atoms with Gasteiger partial charge in [-0.1, -0.05) is 35.1 Å². The van der Waals surface area contributed by atoms with E-state index in [1.165, 1.54) is 21.6 Å². The molecule has 6 heteroatoms. The largest absolute Gasteiger partial charge is 0.338 e. The highest BCUT2D eigenvalue weighted by Gasteiger charge is 2.21. The SMILES string of the molecule is Cc1ccc(SCC(=O)N(CC[NH+](C)C)c2nc3c(C)c(C)ccc3s2)cc1. The van der Waals surface area contributed by atoms with E-state index in [1.54, 1.807) is 23.1 Å².